The number of para-hydroxylation sites is 1. The zero-order valence-electron chi connectivity index (χ0n) is 12.0. The fraction of sp³-hybridized carbons (Fsp3) is 0.571. The van der Waals surface area contributed by atoms with E-state index in [1.54, 1.807) is 12.1 Å². The van der Waals surface area contributed by atoms with Crippen LogP contribution in [-0.2, 0) is 10.0 Å². The van der Waals surface area contributed by atoms with Crippen molar-refractivity contribution in [2.45, 2.75) is 30.7 Å². The first-order valence-corrected chi connectivity index (χ1v) is 8.49. The number of hydrogen-bond acceptors (Lipinski definition) is 4. The number of sulfonamides is 1. The van der Waals surface area contributed by atoms with Gasteiger partial charge in [0.2, 0.25) is 10.0 Å². The van der Waals surface area contributed by atoms with Gasteiger partial charge in [-0.25, -0.2) is 13.1 Å². The van der Waals surface area contributed by atoms with E-state index in [1.807, 2.05) is 12.1 Å². The van der Waals surface area contributed by atoms with Crippen LogP contribution in [-0.4, -0.2) is 34.6 Å². The van der Waals surface area contributed by atoms with Crippen LogP contribution in [0.1, 0.15) is 19.8 Å². The molecular weight excluding hydrogens is 274 g/mol. The van der Waals surface area contributed by atoms with Gasteiger partial charge in [0, 0.05) is 19.1 Å². The normalized spacial score (nSPS) is 23.9. The smallest absolute Gasteiger partial charge is 0.242 e. The van der Waals surface area contributed by atoms with Crippen molar-refractivity contribution in [3.8, 4) is 0 Å². The molecule has 1 heterocycles. The third-order valence-electron chi connectivity index (χ3n) is 4.09. The Labute approximate surface area is 121 Å². The first kappa shape index (κ1) is 15.3. The summed E-state index contributed by atoms with van der Waals surface area (Å²) in [5.41, 5.74) is 6.66. The molecule has 20 heavy (non-hydrogen) atoms. The van der Waals surface area contributed by atoms with Crippen molar-refractivity contribution in [3.05, 3.63) is 24.3 Å². The molecule has 2 atom stereocenters. The van der Waals surface area contributed by atoms with E-state index < -0.39 is 10.0 Å². The standard InChI is InChI=1S/C14H23N3O2S/c1-11-6-5-9-17(13(11)10-15)12-7-3-4-8-14(12)20(18,19)16-2/h3-4,7-8,11,13,16H,5-6,9-10,15H2,1-2H3. The van der Waals surface area contributed by atoms with Gasteiger partial charge in [0.05, 0.1) is 5.69 Å². The van der Waals surface area contributed by atoms with Gasteiger partial charge in [0.1, 0.15) is 4.90 Å². The maximum Gasteiger partial charge on any atom is 0.242 e. The van der Waals surface area contributed by atoms with Crippen LogP contribution in [0.25, 0.3) is 0 Å². The predicted octanol–water partition coefficient (Wildman–Crippen LogP) is 1.16. The number of nitrogens with zero attached hydrogens (tertiary/aromatic N) is 1. The fourth-order valence-electron chi connectivity index (χ4n) is 2.94. The summed E-state index contributed by atoms with van der Waals surface area (Å²) in [4.78, 5) is 2.48. The number of hydrogen-bond donors (Lipinski definition) is 2. The van der Waals surface area contributed by atoms with E-state index in [1.165, 1.54) is 7.05 Å². The Hall–Kier alpha value is -1.11. The topological polar surface area (TPSA) is 75.4 Å². The fourth-order valence-corrected chi connectivity index (χ4v) is 3.88. The molecule has 0 amide bonds. The van der Waals surface area contributed by atoms with E-state index in [-0.39, 0.29) is 6.04 Å². The highest BCUT2D eigenvalue weighted by atomic mass is 32.2. The average molecular weight is 297 g/mol. The monoisotopic (exact) mass is 297 g/mol. The first-order valence-electron chi connectivity index (χ1n) is 7.00. The summed E-state index contributed by atoms with van der Waals surface area (Å²) in [6.07, 6.45) is 2.20. The predicted molar refractivity (Wildman–Crippen MR) is 81.3 cm³/mol. The van der Waals surface area contributed by atoms with Gasteiger partial charge in [-0.05, 0) is 37.9 Å². The SMILES string of the molecule is CNS(=O)(=O)c1ccccc1N1CCCC(C)C1CN. The van der Waals surface area contributed by atoms with Crippen molar-refractivity contribution in [3.63, 3.8) is 0 Å². The van der Waals surface area contributed by atoms with Gasteiger partial charge in [-0.3, -0.25) is 0 Å². The van der Waals surface area contributed by atoms with Crippen molar-refractivity contribution in [2.75, 3.05) is 25.0 Å². The van der Waals surface area contributed by atoms with E-state index in [4.69, 9.17) is 5.73 Å². The number of rotatable bonds is 4. The second kappa shape index (κ2) is 6.11. The van der Waals surface area contributed by atoms with Crippen LogP contribution in [0.2, 0.25) is 0 Å². The zero-order chi connectivity index (χ0) is 14.8. The highest BCUT2D eigenvalue weighted by molar-refractivity contribution is 7.89. The molecule has 1 aromatic carbocycles. The largest absolute Gasteiger partial charge is 0.366 e. The van der Waals surface area contributed by atoms with Crippen LogP contribution in [0.3, 0.4) is 0 Å². The van der Waals surface area contributed by atoms with Gasteiger partial charge in [-0.15, -0.1) is 0 Å². The van der Waals surface area contributed by atoms with Crippen LogP contribution < -0.4 is 15.4 Å². The molecule has 5 nitrogen and oxygen atoms in total. The zero-order valence-corrected chi connectivity index (χ0v) is 12.9. The molecule has 6 heteroatoms. The maximum atomic E-state index is 12.2. The molecule has 0 radical (unpaired) electrons. The lowest BCUT2D eigenvalue weighted by Crippen LogP contribution is -2.49. The molecule has 1 aliphatic heterocycles. The molecule has 1 fully saturated rings. The van der Waals surface area contributed by atoms with Crippen molar-refractivity contribution in [1.29, 1.82) is 0 Å². The minimum absolute atomic E-state index is 0.192. The Morgan fingerprint density at radius 2 is 2.10 bits per heavy atom. The quantitative estimate of drug-likeness (QED) is 0.874. The molecule has 2 unspecified atom stereocenters. The molecule has 0 aliphatic carbocycles. The van der Waals surface area contributed by atoms with E-state index in [0.29, 0.717) is 17.4 Å². The molecule has 0 saturated carbocycles. The Bertz CT molecular complexity index is 559. The van der Waals surface area contributed by atoms with E-state index in [0.717, 1.165) is 25.1 Å². The highest BCUT2D eigenvalue weighted by Crippen LogP contribution is 2.32. The second-order valence-corrected chi connectivity index (χ2v) is 7.15. The van der Waals surface area contributed by atoms with Gasteiger partial charge in [-0.2, -0.15) is 0 Å². The molecule has 0 bridgehead atoms. The van der Waals surface area contributed by atoms with Crippen LogP contribution in [0.15, 0.2) is 29.2 Å². The number of nitrogens with two attached hydrogens (primary N) is 1. The number of benzene rings is 1. The Kier molecular flexibility index (Phi) is 4.67. The van der Waals surface area contributed by atoms with Crippen molar-refractivity contribution in [2.24, 2.45) is 11.7 Å². The molecule has 3 N–H and O–H groups in total. The molecule has 0 spiro atoms. The first-order chi connectivity index (χ1) is 9.51. The Morgan fingerprint density at radius 3 is 2.75 bits per heavy atom. The summed E-state index contributed by atoms with van der Waals surface area (Å²) in [5, 5.41) is 0. The molecule has 1 saturated heterocycles. The molecule has 1 aromatic rings. The maximum absolute atomic E-state index is 12.2. The van der Waals surface area contributed by atoms with Crippen molar-refractivity contribution >= 4 is 15.7 Å². The van der Waals surface area contributed by atoms with Crippen molar-refractivity contribution in [1.82, 2.24) is 4.72 Å². The molecule has 1 aliphatic rings. The summed E-state index contributed by atoms with van der Waals surface area (Å²) < 4.78 is 26.7. The lowest BCUT2D eigenvalue weighted by atomic mass is 9.90. The average Bonchev–Trinajstić information content (AvgIpc) is 2.47. The lowest BCUT2D eigenvalue weighted by molar-refractivity contribution is 0.348. The van der Waals surface area contributed by atoms with Gasteiger partial charge < -0.3 is 10.6 Å². The Balaban J connectivity index is 2.47. The third-order valence-corrected chi connectivity index (χ3v) is 5.55. The van der Waals surface area contributed by atoms with Gasteiger partial charge in [-0.1, -0.05) is 19.1 Å². The third kappa shape index (κ3) is 2.82. The van der Waals surface area contributed by atoms with Gasteiger partial charge >= 0.3 is 0 Å². The summed E-state index contributed by atoms with van der Waals surface area (Å²) in [7, 11) is -2.02. The van der Waals surface area contributed by atoms with Crippen LogP contribution in [0, 0.1) is 5.92 Å². The van der Waals surface area contributed by atoms with E-state index >= 15 is 0 Å². The number of nitrogens with one attached hydrogen (secondary N) is 1. The van der Waals surface area contributed by atoms with Crippen molar-refractivity contribution < 1.29 is 8.42 Å². The Morgan fingerprint density at radius 1 is 1.40 bits per heavy atom. The summed E-state index contributed by atoms with van der Waals surface area (Å²) in [6, 6.07) is 7.32. The summed E-state index contributed by atoms with van der Waals surface area (Å²) in [6.45, 7) is 3.57. The van der Waals surface area contributed by atoms with Crippen LogP contribution >= 0.6 is 0 Å². The number of piperidine rings is 1. The van der Waals surface area contributed by atoms with Crippen LogP contribution in [0.4, 0.5) is 5.69 Å². The van der Waals surface area contributed by atoms with E-state index in [9.17, 15) is 8.42 Å². The van der Waals surface area contributed by atoms with Crippen LogP contribution in [0.5, 0.6) is 0 Å². The number of anilines is 1. The summed E-state index contributed by atoms with van der Waals surface area (Å²) >= 11 is 0. The van der Waals surface area contributed by atoms with Gasteiger partial charge in [0.15, 0.2) is 0 Å². The molecule has 112 valence electrons. The summed E-state index contributed by atoms with van der Waals surface area (Å²) in [5.74, 6) is 0.471. The van der Waals surface area contributed by atoms with E-state index in [2.05, 4.69) is 16.5 Å². The highest BCUT2D eigenvalue weighted by Gasteiger charge is 2.30. The molecule has 0 aromatic heterocycles. The molecular formula is C14H23N3O2S. The lowest BCUT2D eigenvalue weighted by Gasteiger charge is -2.41. The molecule has 2 rings (SSSR count). The second-order valence-electron chi connectivity index (χ2n) is 5.29. The van der Waals surface area contributed by atoms with Gasteiger partial charge in [0.25, 0.3) is 0 Å². The minimum Gasteiger partial charge on any atom is -0.366 e. The minimum atomic E-state index is -3.46.